The van der Waals surface area contributed by atoms with Crippen LogP contribution >= 0.6 is 0 Å². The number of hydrogen-bond donors (Lipinski definition) is 4. The average Bonchev–Trinajstić information content (AvgIpc) is 2.77. The smallest absolute Gasteiger partial charge is 0.358 e. The molecule has 0 aliphatic carbocycles. The van der Waals surface area contributed by atoms with Gasteiger partial charge in [-0.2, -0.15) is 5.26 Å². The lowest BCUT2D eigenvalue weighted by Gasteiger charge is -2.10. The summed E-state index contributed by atoms with van der Waals surface area (Å²) in [7, 11) is 0. The molecule has 0 radical (unpaired) electrons. The predicted molar refractivity (Wildman–Crippen MR) is 110 cm³/mol. The average molecular weight is 404 g/mol. The number of nitrogens with zero attached hydrogens (tertiary/aromatic N) is 5. The van der Waals surface area contributed by atoms with E-state index in [1.807, 2.05) is 24.3 Å². The van der Waals surface area contributed by atoms with E-state index in [4.69, 9.17) is 16.7 Å². The van der Waals surface area contributed by atoms with Crippen LogP contribution in [0.5, 0.6) is 0 Å². The molecule has 152 valence electrons. The Morgan fingerprint density at radius 1 is 1.17 bits per heavy atom. The zero-order chi connectivity index (χ0) is 21.5. The van der Waals surface area contributed by atoms with E-state index in [1.165, 1.54) is 6.20 Å². The van der Waals surface area contributed by atoms with Gasteiger partial charge in [0.15, 0.2) is 17.2 Å². The summed E-state index contributed by atoms with van der Waals surface area (Å²) in [6.07, 6.45) is 4.30. The second-order valence-corrected chi connectivity index (χ2v) is 6.40. The van der Waals surface area contributed by atoms with Crippen LogP contribution in [-0.2, 0) is 13.0 Å². The minimum absolute atomic E-state index is 0.0576. The van der Waals surface area contributed by atoms with Crippen molar-refractivity contribution in [1.82, 2.24) is 19.9 Å². The van der Waals surface area contributed by atoms with E-state index in [1.54, 1.807) is 12.3 Å². The number of nitrogens with two attached hydrogens (primary N) is 2. The highest BCUT2D eigenvalue weighted by molar-refractivity contribution is 5.90. The van der Waals surface area contributed by atoms with Crippen molar-refractivity contribution < 1.29 is 9.90 Å². The number of carboxylic acid groups (broad SMARTS) is 1. The fraction of sp³-hybridized carbons (Fsp3) is 0.200. The van der Waals surface area contributed by atoms with Crippen LogP contribution in [0.1, 0.15) is 33.9 Å². The summed E-state index contributed by atoms with van der Waals surface area (Å²) < 4.78 is 0. The number of benzene rings is 1. The summed E-state index contributed by atoms with van der Waals surface area (Å²) in [6.45, 7) is 0.885. The molecule has 30 heavy (non-hydrogen) atoms. The Hall–Kier alpha value is -4.10. The van der Waals surface area contributed by atoms with E-state index in [-0.39, 0.29) is 17.2 Å². The minimum atomic E-state index is -1.26. The second kappa shape index (κ2) is 9.40. The van der Waals surface area contributed by atoms with E-state index in [0.29, 0.717) is 31.0 Å². The molecular formula is C20H20N8O2. The molecule has 0 saturated heterocycles. The third kappa shape index (κ3) is 4.84. The number of hydrogen-bond acceptors (Lipinski definition) is 9. The normalized spacial score (nSPS) is 10.4. The summed E-state index contributed by atoms with van der Waals surface area (Å²) in [5.41, 5.74) is 14.3. The number of nitrogen functional groups attached to an aromatic ring is 1. The molecule has 0 unspecified atom stereocenters. The highest BCUT2D eigenvalue weighted by Gasteiger charge is 2.14. The number of anilines is 2. The van der Waals surface area contributed by atoms with Gasteiger partial charge in [0.1, 0.15) is 11.9 Å². The van der Waals surface area contributed by atoms with Gasteiger partial charge in [-0.3, -0.25) is 0 Å². The number of aromatic carboxylic acids is 1. The van der Waals surface area contributed by atoms with Gasteiger partial charge in [-0.05, 0) is 24.9 Å². The molecule has 0 saturated carbocycles. The molecule has 2 aromatic heterocycles. The molecule has 0 bridgehead atoms. The van der Waals surface area contributed by atoms with Gasteiger partial charge in [-0.25, -0.2) is 24.7 Å². The molecule has 10 heteroatoms. The number of nitriles is 1. The Kier molecular flexibility index (Phi) is 6.46. The number of carboxylic acids is 1. The van der Waals surface area contributed by atoms with Crippen molar-refractivity contribution >= 4 is 17.6 Å². The van der Waals surface area contributed by atoms with Crippen molar-refractivity contribution in [3.8, 4) is 17.3 Å². The van der Waals surface area contributed by atoms with Crippen molar-refractivity contribution in [3.05, 3.63) is 59.3 Å². The Bertz CT molecular complexity index is 1090. The third-order valence-corrected chi connectivity index (χ3v) is 4.29. The maximum Gasteiger partial charge on any atom is 0.358 e. The van der Waals surface area contributed by atoms with E-state index in [2.05, 4.69) is 25.3 Å². The molecule has 0 fully saturated rings. The monoisotopic (exact) mass is 404 g/mol. The Morgan fingerprint density at radius 3 is 2.60 bits per heavy atom. The molecule has 1 aromatic carbocycles. The molecule has 3 rings (SSSR count). The summed E-state index contributed by atoms with van der Waals surface area (Å²) in [4.78, 5) is 27.9. The van der Waals surface area contributed by atoms with Crippen LogP contribution in [-0.4, -0.2) is 37.6 Å². The van der Waals surface area contributed by atoms with Gasteiger partial charge < -0.3 is 21.9 Å². The molecule has 0 amide bonds. The fourth-order valence-electron chi connectivity index (χ4n) is 2.73. The number of aryl methyl sites for hydroxylation is 1. The van der Waals surface area contributed by atoms with Crippen LogP contribution in [0.3, 0.4) is 0 Å². The number of rotatable bonds is 8. The van der Waals surface area contributed by atoms with Crippen molar-refractivity contribution in [2.75, 3.05) is 17.6 Å². The Morgan fingerprint density at radius 2 is 1.93 bits per heavy atom. The van der Waals surface area contributed by atoms with E-state index in [9.17, 15) is 9.90 Å². The molecule has 3 aromatic rings. The van der Waals surface area contributed by atoms with E-state index < -0.39 is 5.97 Å². The Balaban J connectivity index is 1.73. The molecule has 6 N–H and O–H groups in total. The van der Waals surface area contributed by atoms with Gasteiger partial charge >= 0.3 is 5.97 Å². The standard InChI is InChI=1S/C20H20N8O2/c21-7-1-2-15-18(23)24-11-16(28-15)13-5-3-12(4-6-13)9-25-19-17(20(29)30)27-14(8-22)10-26-19/h3-6,10-11H,1-2,7,9,21H2,(H2,23,24)(H,25,26)(H,29,30). The molecule has 0 aliphatic rings. The molecule has 10 nitrogen and oxygen atoms in total. The maximum atomic E-state index is 11.3. The van der Waals surface area contributed by atoms with Crippen molar-refractivity contribution in [3.63, 3.8) is 0 Å². The molecule has 2 heterocycles. The molecule has 0 aliphatic heterocycles. The molecule has 0 spiro atoms. The summed E-state index contributed by atoms with van der Waals surface area (Å²) in [5.74, 6) is -0.755. The first-order valence-electron chi connectivity index (χ1n) is 9.17. The van der Waals surface area contributed by atoms with Gasteiger partial charge in [0.05, 0.1) is 23.8 Å². The Labute approximate surface area is 172 Å². The van der Waals surface area contributed by atoms with Crippen LogP contribution in [0.4, 0.5) is 11.6 Å². The highest BCUT2D eigenvalue weighted by atomic mass is 16.4. The highest BCUT2D eigenvalue weighted by Crippen LogP contribution is 2.20. The maximum absolute atomic E-state index is 11.3. The quantitative estimate of drug-likeness (QED) is 0.431. The summed E-state index contributed by atoms with van der Waals surface area (Å²) >= 11 is 0. The van der Waals surface area contributed by atoms with E-state index >= 15 is 0 Å². The van der Waals surface area contributed by atoms with Crippen LogP contribution in [0, 0.1) is 11.3 Å². The first kappa shape index (κ1) is 20.6. The second-order valence-electron chi connectivity index (χ2n) is 6.40. The van der Waals surface area contributed by atoms with Crippen LogP contribution < -0.4 is 16.8 Å². The topological polar surface area (TPSA) is 177 Å². The number of nitrogens with one attached hydrogen (secondary N) is 1. The van der Waals surface area contributed by atoms with Gasteiger partial charge in [0, 0.05) is 12.1 Å². The lowest BCUT2D eigenvalue weighted by atomic mass is 10.1. The lowest BCUT2D eigenvalue weighted by molar-refractivity contribution is 0.0691. The summed E-state index contributed by atoms with van der Waals surface area (Å²) in [5, 5.41) is 21.1. The van der Waals surface area contributed by atoms with E-state index in [0.717, 1.165) is 23.2 Å². The molecular weight excluding hydrogens is 384 g/mol. The first-order valence-corrected chi connectivity index (χ1v) is 9.17. The van der Waals surface area contributed by atoms with Crippen molar-refractivity contribution in [2.24, 2.45) is 5.73 Å². The predicted octanol–water partition coefficient (Wildman–Crippen LogP) is 1.59. The number of aromatic nitrogens is 4. The van der Waals surface area contributed by atoms with Gasteiger partial charge in [0.25, 0.3) is 0 Å². The van der Waals surface area contributed by atoms with Crippen LogP contribution in [0.15, 0.2) is 36.7 Å². The third-order valence-electron chi connectivity index (χ3n) is 4.29. The van der Waals surface area contributed by atoms with Gasteiger partial charge in [-0.1, -0.05) is 24.3 Å². The van der Waals surface area contributed by atoms with Crippen molar-refractivity contribution in [1.29, 1.82) is 5.26 Å². The number of carbonyl (C=O) groups is 1. The lowest BCUT2D eigenvalue weighted by Crippen LogP contribution is -2.11. The fourth-order valence-corrected chi connectivity index (χ4v) is 2.73. The zero-order valence-electron chi connectivity index (χ0n) is 16.0. The van der Waals surface area contributed by atoms with Crippen molar-refractivity contribution in [2.45, 2.75) is 19.4 Å². The largest absolute Gasteiger partial charge is 0.476 e. The molecule has 0 atom stereocenters. The first-order chi connectivity index (χ1) is 14.5. The van der Waals surface area contributed by atoms with Gasteiger partial charge in [0.2, 0.25) is 0 Å². The summed E-state index contributed by atoms with van der Waals surface area (Å²) in [6, 6.07) is 9.34. The van der Waals surface area contributed by atoms with Gasteiger partial charge in [-0.15, -0.1) is 0 Å². The van der Waals surface area contributed by atoms with Crippen LogP contribution in [0.2, 0.25) is 0 Å². The SMILES string of the molecule is N#Cc1cnc(NCc2ccc(-c3cnc(N)c(CCCN)n3)cc2)c(C(=O)O)n1. The zero-order valence-corrected chi connectivity index (χ0v) is 16.0. The van der Waals surface area contributed by atoms with Crippen LogP contribution in [0.25, 0.3) is 11.3 Å². The minimum Gasteiger partial charge on any atom is -0.476 e.